The molecule has 0 atom stereocenters. The minimum atomic E-state index is -0.511. The molecule has 0 radical (unpaired) electrons. The van der Waals surface area contributed by atoms with Crippen LogP contribution in [0.1, 0.15) is 42.5 Å². The Morgan fingerprint density at radius 1 is 0.929 bits per heavy atom. The average Bonchev–Trinajstić information content (AvgIpc) is 2.68. The molecular formula is C22H25FN2O3. The van der Waals surface area contributed by atoms with E-state index in [2.05, 4.69) is 5.32 Å². The molecule has 2 aromatic carbocycles. The second kappa shape index (κ2) is 9.88. The van der Waals surface area contributed by atoms with Crippen LogP contribution in [0.5, 0.6) is 5.75 Å². The largest absolute Gasteiger partial charge is 0.483 e. The maximum atomic E-state index is 13.6. The van der Waals surface area contributed by atoms with Crippen molar-refractivity contribution in [3.8, 4) is 5.75 Å². The van der Waals surface area contributed by atoms with E-state index in [0.29, 0.717) is 11.3 Å². The normalized spacial score (nSPS) is 14.7. The Hall–Kier alpha value is -2.89. The molecule has 0 unspecified atom stereocenters. The van der Waals surface area contributed by atoms with E-state index < -0.39 is 11.7 Å². The van der Waals surface area contributed by atoms with Crippen LogP contribution >= 0.6 is 0 Å². The van der Waals surface area contributed by atoms with Crippen LogP contribution in [0, 0.1) is 5.82 Å². The molecule has 5 nitrogen and oxygen atoms in total. The summed E-state index contributed by atoms with van der Waals surface area (Å²) in [4.78, 5) is 26.9. The third-order valence-electron chi connectivity index (χ3n) is 4.77. The standard InChI is InChI=1S/C22H25FN2O3/c23-18-11-5-6-12-19(18)24-21(26)16-28-20-13-7-4-10-17(20)22(27)25-14-8-2-1-3-9-15-25/h4-7,10-13H,1-3,8-9,14-16H2,(H,24,26). The molecule has 0 spiro atoms. The van der Waals surface area contributed by atoms with Gasteiger partial charge >= 0.3 is 0 Å². The third kappa shape index (κ3) is 5.31. The Balaban J connectivity index is 1.64. The van der Waals surface area contributed by atoms with Crippen molar-refractivity contribution in [1.82, 2.24) is 4.90 Å². The van der Waals surface area contributed by atoms with E-state index in [1.165, 1.54) is 18.6 Å². The van der Waals surface area contributed by atoms with Crippen LogP contribution in [0.2, 0.25) is 0 Å². The SMILES string of the molecule is O=C(COc1ccccc1C(=O)N1CCCCCCC1)Nc1ccccc1F. The molecule has 0 aromatic heterocycles. The van der Waals surface area contributed by atoms with Crippen LogP contribution in [0.25, 0.3) is 0 Å². The first kappa shape index (κ1) is 19.9. The number of carbonyl (C=O) groups excluding carboxylic acids is 2. The Kier molecular flexibility index (Phi) is 7.00. The van der Waals surface area contributed by atoms with Gasteiger partial charge in [-0.2, -0.15) is 0 Å². The zero-order valence-electron chi connectivity index (χ0n) is 15.8. The Labute approximate surface area is 164 Å². The number of amides is 2. The van der Waals surface area contributed by atoms with Gasteiger partial charge < -0.3 is 15.0 Å². The summed E-state index contributed by atoms with van der Waals surface area (Å²) >= 11 is 0. The molecule has 3 rings (SSSR count). The number of halogens is 1. The summed E-state index contributed by atoms with van der Waals surface area (Å²) in [7, 11) is 0. The van der Waals surface area contributed by atoms with E-state index in [0.717, 1.165) is 38.8 Å². The quantitative estimate of drug-likeness (QED) is 0.838. The van der Waals surface area contributed by atoms with Gasteiger partial charge in [0.2, 0.25) is 0 Å². The lowest BCUT2D eigenvalue weighted by molar-refractivity contribution is -0.118. The van der Waals surface area contributed by atoms with Crippen molar-refractivity contribution in [2.75, 3.05) is 25.0 Å². The fourth-order valence-electron chi connectivity index (χ4n) is 3.28. The maximum absolute atomic E-state index is 13.6. The molecule has 0 bridgehead atoms. The molecule has 1 aliphatic heterocycles. The van der Waals surface area contributed by atoms with Gasteiger partial charge in [0, 0.05) is 13.1 Å². The number of carbonyl (C=O) groups is 2. The van der Waals surface area contributed by atoms with Gasteiger partial charge in [-0.25, -0.2) is 4.39 Å². The Morgan fingerprint density at radius 2 is 1.57 bits per heavy atom. The van der Waals surface area contributed by atoms with Gasteiger partial charge in [0.25, 0.3) is 11.8 Å². The number of ether oxygens (including phenoxy) is 1. The summed E-state index contributed by atoms with van der Waals surface area (Å²) in [6, 6.07) is 12.9. The van der Waals surface area contributed by atoms with Crippen LogP contribution in [0.15, 0.2) is 48.5 Å². The lowest BCUT2D eigenvalue weighted by atomic mass is 10.1. The van der Waals surface area contributed by atoms with E-state index in [-0.39, 0.29) is 18.2 Å². The van der Waals surface area contributed by atoms with Crippen molar-refractivity contribution in [2.45, 2.75) is 32.1 Å². The number of hydrogen-bond acceptors (Lipinski definition) is 3. The molecule has 148 valence electrons. The summed E-state index contributed by atoms with van der Waals surface area (Å²) in [6.07, 6.45) is 5.49. The molecular weight excluding hydrogens is 359 g/mol. The van der Waals surface area contributed by atoms with Gasteiger partial charge in [-0.1, -0.05) is 43.5 Å². The fourth-order valence-corrected chi connectivity index (χ4v) is 3.28. The minimum Gasteiger partial charge on any atom is -0.483 e. The van der Waals surface area contributed by atoms with Gasteiger partial charge in [-0.15, -0.1) is 0 Å². The first-order valence-electron chi connectivity index (χ1n) is 9.70. The van der Waals surface area contributed by atoms with Crippen molar-refractivity contribution >= 4 is 17.5 Å². The first-order chi connectivity index (χ1) is 13.6. The molecule has 0 aliphatic carbocycles. The number of para-hydroxylation sites is 2. The molecule has 0 saturated carbocycles. The van der Waals surface area contributed by atoms with Crippen molar-refractivity contribution in [3.05, 3.63) is 59.9 Å². The monoisotopic (exact) mass is 384 g/mol. The summed E-state index contributed by atoms with van der Waals surface area (Å²) in [5.41, 5.74) is 0.544. The van der Waals surface area contributed by atoms with Crippen molar-refractivity contribution in [3.63, 3.8) is 0 Å². The average molecular weight is 384 g/mol. The predicted octanol–water partition coefficient (Wildman–Crippen LogP) is 4.25. The Morgan fingerprint density at radius 3 is 2.32 bits per heavy atom. The van der Waals surface area contributed by atoms with Crippen molar-refractivity contribution in [1.29, 1.82) is 0 Å². The van der Waals surface area contributed by atoms with E-state index in [1.807, 2.05) is 4.90 Å². The number of anilines is 1. The first-order valence-corrected chi connectivity index (χ1v) is 9.70. The highest BCUT2D eigenvalue weighted by atomic mass is 19.1. The van der Waals surface area contributed by atoms with E-state index >= 15 is 0 Å². The number of nitrogens with zero attached hydrogens (tertiary/aromatic N) is 1. The maximum Gasteiger partial charge on any atom is 0.262 e. The van der Waals surface area contributed by atoms with Crippen molar-refractivity contribution in [2.24, 2.45) is 0 Å². The van der Waals surface area contributed by atoms with Crippen LogP contribution in [-0.4, -0.2) is 36.4 Å². The summed E-state index contributed by atoms with van der Waals surface area (Å²) in [5.74, 6) is -0.715. The van der Waals surface area contributed by atoms with Gasteiger partial charge in [0.15, 0.2) is 6.61 Å². The fraction of sp³-hybridized carbons (Fsp3) is 0.364. The molecule has 2 amide bonds. The van der Waals surface area contributed by atoms with E-state index in [9.17, 15) is 14.0 Å². The number of rotatable bonds is 5. The van der Waals surface area contributed by atoms with Gasteiger partial charge in [0.1, 0.15) is 11.6 Å². The van der Waals surface area contributed by atoms with Gasteiger partial charge in [0.05, 0.1) is 11.3 Å². The molecule has 1 heterocycles. The smallest absolute Gasteiger partial charge is 0.262 e. The number of likely N-dealkylation sites (tertiary alicyclic amines) is 1. The second-order valence-corrected chi connectivity index (χ2v) is 6.87. The van der Waals surface area contributed by atoms with Gasteiger partial charge in [-0.3, -0.25) is 9.59 Å². The highest BCUT2D eigenvalue weighted by Gasteiger charge is 2.20. The number of hydrogen-bond donors (Lipinski definition) is 1. The van der Waals surface area contributed by atoms with Crippen LogP contribution in [0.3, 0.4) is 0 Å². The number of nitrogens with one attached hydrogen (secondary N) is 1. The van der Waals surface area contributed by atoms with Crippen molar-refractivity contribution < 1.29 is 18.7 Å². The summed E-state index contributed by atoms with van der Waals surface area (Å²) in [6.45, 7) is 1.17. The van der Waals surface area contributed by atoms with Crippen LogP contribution in [0.4, 0.5) is 10.1 Å². The molecule has 2 aromatic rings. The Bertz CT molecular complexity index is 817. The molecule has 1 aliphatic rings. The van der Waals surface area contributed by atoms with E-state index in [4.69, 9.17) is 4.74 Å². The summed E-state index contributed by atoms with van der Waals surface area (Å²) in [5, 5.41) is 2.47. The number of benzene rings is 2. The second-order valence-electron chi connectivity index (χ2n) is 6.87. The molecule has 28 heavy (non-hydrogen) atoms. The molecule has 6 heteroatoms. The van der Waals surface area contributed by atoms with Crippen LogP contribution in [-0.2, 0) is 4.79 Å². The lowest BCUT2D eigenvalue weighted by Gasteiger charge is -2.25. The molecule has 1 saturated heterocycles. The predicted molar refractivity (Wildman–Crippen MR) is 106 cm³/mol. The topological polar surface area (TPSA) is 58.6 Å². The zero-order chi connectivity index (χ0) is 19.8. The minimum absolute atomic E-state index is 0.0768. The highest BCUT2D eigenvalue weighted by Crippen LogP contribution is 2.22. The third-order valence-corrected chi connectivity index (χ3v) is 4.77. The van der Waals surface area contributed by atoms with Gasteiger partial charge in [-0.05, 0) is 37.1 Å². The van der Waals surface area contributed by atoms with Crippen LogP contribution < -0.4 is 10.1 Å². The van der Waals surface area contributed by atoms with E-state index in [1.54, 1.807) is 36.4 Å². The lowest BCUT2D eigenvalue weighted by Crippen LogP contribution is -2.34. The zero-order valence-corrected chi connectivity index (χ0v) is 15.8. The highest BCUT2D eigenvalue weighted by molar-refractivity contribution is 5.97. The molecule has 1 fully saturated rings. The molecule has 1 N–H and O–H groups in total. The summed E-state index contributed by atoms with van der Waals surface area (Å²) < 4.78 is 19.2.